The number of aryl methyl sites for hydroxylation is 1. The van der Waals surface area contributed by atoms with Crippen molar-refractivity contribution < 1.29 is 14.3 Å². The zero-order valence-electron chi connectivity index (χ0n) is 15.8. The van der Waals surface area contributed by atoms with Gasteiger partial charge in [-0.05, 0) is 36.4 Å². The van der Waals surface area contributed by atoms with Crippen LogP contribution in [0.1, 0.15) is 24.8 Å². The van der Waals surface area contributed by atoms with E-state index in [0.29, 0.717) is 38.0 Å². The van der Waals surface area contributed by atoms with Gasteiger partial charge in [0.2, 0.25) is 0 Å². The second-order valence-electron chi connectivity index (χ2n) is 7.49. The average molecular weight is 362 g/mol. The van der Waals surface area contributed by atoms with Crippen LogP contribution in [0.5, 0.6) is 0 Å². The number of carbonyl (C=O) groups excluding carboxylic acids is 2. The first-order chi connectivity index (χ1) is 11.8. The van der Waals surface area contributed by atoms with E-state index in [1.807, 2.05) is 30.3 Å². The van der Waals surface area contributed by atoms with Crippen LogP contribution in [0, 0.1) is 0 Å². The lowest BCUT2D eigenvalue weighted by molar-refractivity contribution is -0.115. The molecule has 0 unspecified atom stereocenters. The second-order valence-corrected chi connectivity index (χ2v) is 13.1. The zero-order chi connectivity index (χ0) is 18.7. The normalized spacial score (nSPS) is 11.0. The van der Waals surface area contributed by atoms with Gasteiger partial charge in [0.1, 0.15) is 0 Å². The summed E-state index contributed by atoms with van der Waals surface area (Å²) in [5.74, 6) is 0.0987. The Kier molecular flexibility index (Phi) is 9.20. The number of amides is 1. The van der Waals surface area contributed by atoms with Crippen LogP contribution in [0.4, 0.5) is 4.79 Å². The highest BCUT2D eigenvalue weighted by molar-refractivity contribution is 6.76. The summed E-state index contributed by atoms with van der Waals surface area (Å²) in [6, 6.07) is 10.9. The highest BCUT2D eigenvalue weighted by atomic mass is 28.3. The molecule has 0 heterocycles. The molecule has 1 rings (SSSR count). The molecule has 0 aromatic heterocycles. The fourth-order valence-electron chi connectivity index (χ4n) is 2.21. The van der Waals surface area contributed by atoms with Gasteiger partial charge >= 0.3 is 6.09 Å². The smallest absolute Gasteiger partial charge is 0.407 e. The maximum Gasteiger partial charge on any atom is 0.407 e. The van der Waals surface area contributed by atoms with E-state index in [2.05, 4.69) is 31.5 Å². The summed E-state index contributed by atoms with van der Waals surface area (Å²) in [5, 5.41) is 2.72. The Bertz CT molecular complexity index is 564. The first kappa shape index (κ1) is 21.2. The summed E-state index contributed by atoms with van der Waals surface area (Å²) in [7, 11) is -1.18. The van der Waals surface area contributed by atoms with Crippen LogP contribution in [0.2, 0.25) is 25.7 Å². The third kappa shape index (κ3) is 10.6. The molecule has 0 aliphatic heterocycles. The summed E-state index contributed by atoms with van der Waals surface area (Å²) >= 11 is 0. The van der Waals surface area contributed by atoms with Crippen LogP contribution >= 0.6 is 0 Å². The molecular weight excluding hydrogens is 330 g/mol. The fourth-order valence-corrected chi connectivity index (χ4v) is 2.93. The van der Waals surface area contributed by atoms with Crippen LogP contribution in [-0.2, 0) is 16.0 Å². The number of rotatable bonds is 11. The van der Waals surface area contributed by atoms with Gasteiger partial charge in [-0.25, -0.2) is 4.79 Å². The van der Waals surface area contributed by atoms with Crippen molar-refractivity contribution in [3.05, 3.63) is 48.0 Å². The molecule has 1 aromatic carbocycles. The molecule has 0 radical (unpaired) electrons. The van der Waals surface area contributed by atoms with Gasteiger partial charge in [-0.1, -0.05) is 56.6 Å². The Balaban J connectivity index is 2.11. The Hall–Kier alpha value is -1.88. The first-order valence-corrected chi connectivity index (χ1v) is 12.6. The number of ether oxygens (including phenoxy) is 1. The van der Waals surface area contributed by atoms with Crippen molar-refractivity contribution >= 4 is 20.0 Å². The van der Waals surface area contributed by atoms with Crippen LogP contribution < -0.4 is 5.32 Å². The number of ketones is 1. The van der Waals surface area contributed by atoms with Crippen molar-refractivity contribution in [1.29, 1.82) is 0 Å². The van der Waals surface area contributed by atoms with Crippen molar-refractivity contribution in [1.82, 2.24) is 5.32 Å². The number of carbonyl (C=O) groups is 2. The van der Waals surface area contributed by atoms with Crippen LogP contribution in [-0.4, -0.2) is 33.1 Å². The van der Waals surface area contributed by atoms with Crippen molar-refractivity contribution in [2.24, 2.45) is 0 Å². The van der Waals surface area contributed by atoms with E-state index >= 15 is 0 Å². The van der Waals surface area contributed by atoms with E-state index < -0.39 is 8.07 Å². The van der Waals surface area contributed by atoms with Crippen LogP contribution in [0.25, 0.3) is 0 Å². The second kappa shape index (κ2) is 10.9. The van der Waals surface area contributed by atoms with Gasteiger partial charge in [-0.2, -0.15) is 0 Å². The van der Waals surface area contributed by atoms with E-state index in [9.17, 15) is 9.59 Å². The lowest BCUT2D eigenvalue weighted by atomic mass is 10.0. The number of allylic oxidation sites excluding steroid dienone is 1. The van der Waals surface area contributed by atoms with E-state index in [1.165, 1.54) is 0 Å². The van der Waals surface area contributed by atoms with Gasteiger partial charge in [0.15, 0.2) is 5.78 Å². The summed E-state index contributed by atoms with van der Waals surface area (Å²) in [6.45, 7) is 11.6. The summed E-state index contributed by atoms with van der Waals surface area (Å²) in [5.41, 5.74) is 1.79. The van der Waals surface area contributed by atoms with E-state index in [-0.39, 0.29) is 11.9 Å². The molecule has 0 aliphatic carbocycles. The molecule has 1 aromatic rings. The maximum atomic E-state index is 12.1. The maximum absolute atomic E-state index is 12.1. The van der Waals surface area contributed by atoms with Gasteiger partial charge in [0, 0.05) is 21.0 Å². The molecule has 0 bridgehead atoms. The van der Waals surface area contributed by atoms with Gasteiger partial charge in [-0.3, -0.25) is 4.79 Å². The zero-order valence-corrected chi connectivity index (χ0v) is 16.8. The molecule has 5 heteroatoms. The predicted molar refractivity (Wildman–Crippen MR) is 106 cm³/mol. The number of Topliss-reactive ketones (excluding diaryl/α,β-unsaturated/α-hetero) is 1. The van der Waals surface area contributed by atoms with Gasteiger partial charge in [-0.15, -0.1) is 0 Å². The third-order valence-electron chi connectivity index (χ3n) is 3.89. The fraction of sp³-hybridized carbons (Fsp3) is 0.500. The van der Waals surface area contributed by atoms with Crippen LogP contribution in [0.15, 0.2) is 42.5 Å². The summed E-state index contributed by atoms with van der Waals surface area (Å²) in [6.07, 6.45) is 2.14. The molecule has 1 N–H and O–H groups in total. The molecule has 0 aliphatic rings. The van der Waals surface area contributed by atoms with Gasteiger partial charge in [0.05, 0.1) is 6.61 Å². The molecule has 0 saturated heterocycles. The molecule has 0 fully saturated rings. The lowest BCUT2D eigenvalue weighted by Crippen LogP contribution is -2.28. The minimum absolute atomic E-state index is 0.0987. The lowest BCUT2D eigenvalue weighted by Gasteiger charge is -2.15. The SMILES string of the molecule is C=C(CCCNC(=O)OCC[Si](C)(C)C)C(=O)CCc1ccccc1. The van der Waals surface area contributed by atoms with E-state index in [4.69, 9.17) is 4.74 Å². The van der Waals surface area contributed by atoms with Crippen molar-refractivity contribution in [2.75, 3.05) is 13.2 Å². The Morgan fingerprint density at radius 3 is 2.44 bits per heavy atom. The Labute approximate surface area is 152 Å². The number of hydrogen-bond acceptors (Lipinski definition) is 3. The van der Waals surface area contributed by atoms with Crippen molar-refractivity contribution in [3.63, 3.8) is 0 Å². The monoisotopic (exact) mass is 361 g/mol. The topological polar surface area (TPSA) is 55.4 Å². The first-order valence-electron chi connectivity index (χ1n) is 8.93. The Morgan fingerprint density at radius 2 is 1.80 bits per heavy atom. The van der Waals surface area contributed by atoms with Gasteiger partial charge in [0.25, 0.3) is 0 Å². The minimum Gasteiger partial charge on any atom is -0.450 e. The highest BCUT2D eigenvalue weighted by Gasteiger charge is 2.13. The number of benzene rings is 1. The molecule has 0 spiro atoms. The summed E-state index contributed by atoms with van der Waals surface area (Å²) in [4.78, 5) is 23.6. The number of hydrogen-bond donors (Lipinski definition) is 1. The molecule has 138 valence electrons. The Morgan fingerprint density at radius 1 is 1.12 bits per heavy atom. The largest absolute Gasteiger partial charge is 0.450 e. The van der Waals surface area contributed by atoms with Crippen molar-refractivity contribution in [3.8, 4) is 0 Å². The molecule has 1 amide bonds. The number of alkyl carbamates (subject to hydrolysis) is 1. The highest BCUT2D eigenvalue weighted by Crippen LogP contribution is 2.10. The molecule has 25 heavy (non-hydrogen) atoms. The summed E-state index contributed by atoms with van der Waals surface area (Å²) < 4.78 is 5.16. The number of nitrogens with one attached hydrogen (secondary N) is 1. The predicted octanol–water partition coefficient (Wildman–Crippen LogP) is 4.59. The third-order valence-corrected chi connectivity index (χ3v) is 5.59. The van der Waals surface area contributed by atoms with Crippen LogP contribution in [0.3, 0.4) is 0 Å². The quantitative estimate of drug-likeness (QED) is 0.356. The van der Waals surface area contributed by atoms with Crippen molar-refractivity contribution in [2.45, 2.75) is 51.4 Å². The van der Waals surface area contributed by atoms with Gasteiger partial charge < -0.3 is 10.1 Å². The minimum atomic E-state index is -1.18. The molecule has 0 saturated carbocycles. The molecule has 0 atom stereocenters. The molecule has 4 nitrogen and oxygen atoms in total. The van der Waals surface area contributed by atoms with E-state index in [0.717, 1.165) is 18.0 Å². The standard InChI is InChI=1S/C20H31NO3Si/c1-17(19(22)13-12-18-10-6-5-7-11-18)9-8-14-21-20(23)24-15-16-25(2,3)4/h5-7,10-11H,1,8-9,12-16H2,2-4H3,(H,21,23). The average Bonchev–Trinajstić information content (AvgIpc) is 2.56. The van der Waals surface area contributed by atoms with E-state index in [1.54, 1.807) is 0 Å². The molecular formula is C20H31NO3Si.